The van der Waals surface area contributed by atoms with Gasteiger partial charge in [0.25, 0.3) is 0 Å². The summed E-state index contributed by atoms with van der Waals surface area (Å²) in [6.07, 6.45) is 4.25. The summed E-state index contributed by atoms with van der Waals surface area (Å²) in [4.78, 5) is 0. The Balaban J connectivity index is 2.35. The van der Waals surface area contributed by atoms with Crippen LogP contribution in [0.3, 0.4) is 0 Å². The van der Waals surface area contributed by atoms with E-state index in [-0.39, 0.29) is 0 Å². The Morgan fingerprint density at radius 3 is 1.93 bits per heavy atom. The van der Waals surface area contributed by atoms with Gasteiger partial charge in [-0.15, -0.1) is 0 Å². The normalized spacial score (nSPS) is 40.1. The van der Waals surface area contributed by atoms with Crippen molar-refractivity contribution in [2.45, 2.75) is 53.0 Å². The molecule has 2 fully saturated rings. The van der Waals surface area contributed by atoms with E-state index in [4.69, 9.17) is 5.73 Å². The zero-order chi connectivity index (χ0) is 10.5. The molecule has 0 heterocycles. The molecule has 1 nitrogen and oxygen atoms in total. The number of fused-ring (bicyclic) bond motifs is 2. The van der Waals surface area contributed by atoms with Crippen molar-refractivity contribution < 1.29 is 0 Å². The minimum atomic E-state index is 0.447. The molecule has 0 aromatic carbocycles. The predicted molar refractivity (Wildman–Crippen MR) is 60.9 cm³/mol. The lowest BCUT2D eigenvalue weighted by atomic mass is 9.58. The van der Waals surface area contributed by atoms with Crippen LogP contribution in [-0.4, -0.2) is 6.04 Å². The maximum Gasteiger partial charge on any atom is 0.0132 e. The Hall–Kier alpha value is -0.0400. The third kappa shape index (κ3) is 1.05. The van der Waals surface area contributed by atoms with Crippen LogP contribution < -0.4 is 5.73 Å². The number of hydrogen-bond acceptors (Lipinski definition) is 1. The van der Waals surface area contributed by atoms with Crippen molar-refractivity contribution in [1.82, 2.24) is 0 Å². The van der Waals surface area contributed by atoms with E-state index >= 15 is 0 Å². The van der Waals surface area contributed by atoms with Crippen LogP contribution in [0.5, 0.6) is 0 Å². The third-order valence-electron chi connectivity index (χ3n) is 5.27. The lowest BCUT2D eigenvalue weighted by Crippen LogP contribution is -2.52. The van der Waals surface area contributed by atoms with Gasteiger partial charge in [-0.25, -0.2) is 0 Å². The summed E-state index contributed by atoms with van der Waals surface area (Å²) >= 11 is 0. The Kier molecular flexibility index (Phi) is 2.42. The molecular formula is C13H25N. The average molecular weight is 195 g/mol. The van der Waals surface area contributed by atoms with Gasteiger partial charge in [-0.05, 0) is 48.3 Å². The molecule has 0 aromatic heterocycles. The Morgan fingerprint density at radius 2 is 1.64 bits per heavy atom. The van der Waals surface area contributed by atoms with Crippen molar-refractivity contribution >= 4 is 0 Å². The van der Waals surface area contributed by atoms with E-state index in [1.165, 1.54) is 19.3 Å². The molecule has 0 aromatic rings. The van der Waals surface area contributed by atoms with Crippen LogP contribution in [0, 0.1) is 29.1 Å². The molecular weight excluding hydrogens is 170 g/mol. The van der Waals surface area contributed by atoms with E-state index in [2.05, 4.69) is 27.7 Å². The summed E-state index contributed by atoms with van der Waals surface area (Å²) in [5.74, 6) is 3.24. The first-order chi connectivity index (χ1) is 6.51. The van der Waals surface area contributed by atoms with Gasteiger partial charge in [-0.1, -0.05) is 27.7 Å². The van der Waals surface area contributed by atoms with E-state index < -0.39 is 0 Å². The van der Waals surface area contributed by atoms with Crippen molar-refractivity contribution in [3.8, 4) is 0 Å². The Labute approximate surface area is 88.4 Å². The van der Waals surface area contributed by atoms with Crippen molar-refractivity contribution in [2.75, 3.05) is 0 Å². The summed E-state index contributed by atoms with van der Waals surface area (Å²) in [7, 11) is 0. The predicted octanol–water partition coefficient (Wildman–Crippen LogP) is 3.04. The highest BCUT2D eigenvalue weighted by molar-refractivity contribution is 5.10. The minimum Gasteiger partial charge on any atom is -0.327 e. The summed E-state index contributed by atoms with van der Waals surface area (Å²) in [5, 5.41) is 0. The molecule has 0 amide bonds. The first-order valence-electron chi connectivity index (χ1n) is 6.26. The van der Waals surface area contributed by atoms with Crippen molar-refractivity contribution in [3.05, 3.63) is 0 Å². The molecule has 0 saturated heterocycles. The van der Waals surface area contributed by atoms with Crippen LogP contribution in [0.4, 0.5) is 0 Å². The SMILES string of the molecule is CC(C)C1(C(C)C)[C@H]2CC[C@H](C2)[C@H]1N. The molecule has 0 unspecified atom stereocenters. The Bertz CT molecular complexity index is 207. The van der Waals surface area contributed by atoms with Gasteiger partial charge < -0.3 is 5.73 Å². The molecule has 1 heteroatoms. The highest BCUT2D eigenvalue weighted by atomic mass is 14.8. The fourth-order valence-corrected chi connectivity index (χ4v) is 4.86. The van der Waals surface area contributed by atoms with E-state index in [9.17, 15) is 0 Å². The summed E-state index contributed by atoms with van der Waals surface area (Å²) in [6.45, 7) is 9.50. The van der Waals surface area contributed by atoms with Gasteiger partial charge in [0.2, 0.25) is 0 Å². The Morgan fingerprint density at radius 1 is 1.07 bits per heavy atom. The summed E-state index contributed by atoms with van der Waals surface area (Å²) in [6, 6.07) is 0.473. The smallest absolute Gasteiger partial charge is 0.0132 e. The second-order valence-electron chi connectivity index (χ2n) is 6.11. The topological polar surface area (TPSA) is 26.0 Å². The molecule has 14 heavy (non-hydrogen) atoms. The van der Waals surface area contributed by atoms with Crippen molar-refractivity contribution in [2.24, 2.45) is 34.8 Å². The number of nitrogens with two attached hydrogens (primary N) is 1. The van der Waals surface area contributed by atoms with Gasteiger partial charge in [-0.2, -0.15) is 0 Å². The quantitative estimate of drug-likeness (QED) is 0.720. The van der Waals surface area contributed by atoms with Gasteiger partial charge in [0.1, 0.15) is 0 Å². The summed E-state index contributed by atoms with van der Waals surface area (Å²) < 4.78 is 0. The lowest BCUT2D eigenvalue weighted by molar-refractivity contribution is 0.0169. The molecule has 2 aliphatic rings. The van der Waals surface area contributed by atoms with Crippen LogP contribution in [0.15, 0.2) is 0 Å². The zero-order valence-electron chi connectivity index (χ0n) is 10.1. The number of hydrogen-bond donors (Lipinski definition) is 1. The van der Waals surface area contributed by atoms with Crippen LogP contribution >= 0.6 is 0 Å². The molecule has 2 rings (SSSR count). The van der Waals surface area contributed by atoms with E-state index in [0.29, 0.717) is 11.5 Å². The van der Waals surface area contributed by atoms with Gasteiger partial charge in [-0.3, -0.25) is 0 Å². The standard InChI is InChI=1S/C13H25N/c1-8(2)13(9(3)4)11-6-5-10(7-11)12(13)14/h8-12H,5-7,14H2,1-4H3/t10-,11+,12-/m1/s1. The molecule has 2 aliphatic carbocycles. The second kappa shape index (κ2) is 3.23. The van der Waals surface area contributed by atoms with Crippen molar-refractivity contribution in [1.29, 1.82) is 0 Å². The van der Waals surface area contributed by atoms with E-state index in [0.717, 1.165) is 23.7 Å². The van der Waals surface area contributed by atoms with Gasteiger partial charge in [0.05, 0.1) is 0 Å². The monoisotopic (exact) mass is 195 g/mol. The second-order valence-corrected chi connectivity index (χ2v) is 6.11. The van der Waals surface area contributed by atoms with Crippen LogP contribution in [-0.2, 0) is 0 Å². The molecule has 2 saturated carbocycles. The minimum absolute atomic E-state index is 0.447. The lowest BCUT2D eigenvalue weighted by Gasteiger charge is -2.49. The van der Waals surface area contributed by atoms with Gasteiger partial charge in [0.15, 0.2) is 0 Å². The molecule has 2 bridgehead atoms. The fraction of sp³-hybridized carbons (Fsp3) is 1.00. The van der Waals surface area contributed by atoms with Crippen molar-refractivity contribution in [3.63, 3.8) is 0 Å². The van der Waals surface area contributed by atoms with Crippen LogP contribution in [0.25, 0.3) is 0 Å². The summed E-state index contributed by atoms with van der Waals surface area (Å²) in [5.41, 5.74) is 6.95. The van der Waals surface area contributed by atoms with E-state index in [1.807, 2.05) is 0 Å². The molecule has 0 spiro atoms. The number of rotatable bonds is 2. The third-order valence-corrected chi connectivity index (χ3v) is 5.27. The maximum atomic E-state index is 6.50. The average Bonchev–Trinajstić information content (AvgIpc) is 2.61. The molecule has 82 valence electrons. The van der Waals surface area contributed by atoms with Crippen LogP contribution in [0.2, 0.25) is 0 Å². The molecule has 3 atom stereocenters. The fourth-order valence-electron chi connectivity index (χ4n) is 4.86. The maximum absolute atomic E-state index is 6.50. The largest absolute Gasteiger partial charge is 0.327 e. The first kappa shape index (κ1) is 10.5. The van der Waals surface area contributed by atoms with E-state index in [1.54, 1.807) is 0 Å². The van der Waals surface area contributed by atoms with Crippen LogP contribution in [0.1, 0.15) is 47.0 Å². The van der Waals surface area contributed by atoms with Gasteiger partial charge >= 0.3 is 0 Å². The highest BCUT2D eigenvalue weighted by Gasteiger charge is 2.59. The first-order valence-corrected chi connectivity index (χ1v) is 6.26. The van der Waals surface area contributed by atoms with Gasteiger partial charge in [0, 0.05) is 6.04 Å². The molecule has 0 radical (unpaired) electrons. The highest BCUT2D eigenvalue weighted by Crippen LogP contribution is 2.61. The molecule has 0 aliphatic heterocycles. The molecule has 2 N–H and O–H groups in total. The zero-order valence-corrected chi connectivity index (χ0v) is 10.1.